The lowest BCUT2D eigenvalue weighted by molar-refractivity contribution is -0.148. The van der Waals surface area contributed by atoms with Gasteiger partial charge in [0.25, 0.3) is 0 Å². The molecule has 0 aliphatic rings. The number of aromatic nitrogens is 1. The van der Waals surface area contributed by atoms with Gasteiger partial charge in [0.2, 0.25) is 0 Å². The van der Waals surface area contributed by atoms with E-state index in [0.29, 0.717) is 12.4 Å². The lowest BCUT2D eigenvalue weighted by atomic mass is 10.3. The first-order valence-electron chi connectivity index (χ1n) is 5.44. The first kappa shape index (κ1) is 14.5. The Labute approximate surface area is 102 Å². The van der Waals surface area contributed by atoms with Crippen molar-refractivity contribution >= 4 is 5.82 Å². The highest BCUT2D eigenvalue weighted by molar-refractivity contribution is 5.40. The third-order valence-electron chi connectivity index (χ3n) is 2.04. The third-order valence-corrected chi connectivity index (χ3v) is 2.04. The monoisotopic (exact) mass is 266 g/mol. The molecule has 0 fully saturated rings. The molecule has 0 amide bonds. The van der Waals surface area contributed by atoms with Gasteiger partial charge in [0.05, 0.1) is 0 Å². The summed E-state index contributed by atoms with van der Waals surface area (Å²) in [5.74, 6) is -3.63. The van der Waals surface area contributed by atoms with E-state index >= 15 is 0 Å². The molecule has 0 unspecified atom stereocenters. The number of hydrogen-bond donors (Lipinski definition) is 1. The maximum absolute atomic E-state index is 12.6. The average Bonchev–Trinajstić information content (AvgIpc) is 2.34. The SMILES string of the molecule is CCCNc1cc(OCC(F)(F)C(F)F)ccn1. The van der Waals surface area contributed by atoms with E-state index in [0.717, 1.165) is 6.42 Å². The highest BCUT2D eigenvalue weighted by Crippen LogP contribution is 2.24. The van der Waals surface area contributed by atoms with Crippen LogP contribution in [0.3, 0.4) is 0 Å². The van der Waals surface area contributed by atoms with E-state index in [1.807, 2.05) is 6.92 Å². The Bertz CT molecular complexity index is 374. The first-order valence-corrected chi connectivity index (χ1v) is 5.44. The number of ether oxygens (including phenoxy) is 1. The second-order valence-electron chi connectivity index (χ2n) is 3.65. The van der Waals surface area contributed by atoms with E-state index in [-0.39, 0.29) is 5.75 Å². The minimum Gasteiger partial charge on any atom is -0.487 e. The van der Waals surface area contributed by atoms with Crippen LogP contribution in [-0.4, -0.2) is 30.5 Å². The molecule has 102 valence electrons. The van der Waals surface area contributed by atoms with Gasteiger partial charge in [-0.25, -0.2) is 13.8 Å². The van der Waals surface area contributed by atoms with Crippen molar-refractivity contribution in [3.63, 3.8) is 0 Å². The fourth-order valence-electron chi connectivity index (χ4n) is 1.09. The van der Waals surface area contributed by atoms with Crippen molar-refractivity contribution < 1.29 is 22.3 Å². The first-order chi connectivity index (χ1) is 8.45. The Morgan fingerprint density at radius 2 is 2.17 bits per heavy atom. The van der Waals surface area contributed by atoms with Crippen LogP contribution < -0.4 is 10.1 Å². The summed E-state index contributed by atoms with van der Waals surface area (Å²) in [6.45, 7) is 1.27. The molecular weight excluding hydrogens is 252 g/mol. The van der Waals surface area contributed by atoms with Crippen molar-refractivity contribution in [2.45, 2.75) is 25.7 Å². The van der Waals surface area contributed by atoms with E-state index in [9.17, 15) is 17.6 Å². The molecule has 1 N–H and O–H groups in total. The van der Waals surface area contributed by atoms with Gasteiger partial charge in [-0.3, -0.25) is 0 Å². The van der Waals surface area contributed by atoms with Gasteiger partial charge in [-0.2, -0.15) is 8.78 Å². The fraction of sp³-hybridized carbons (Fsp3) is 0.545. The number of nitrogens with zero attached hydrogens (tertiary/aromatic N) is 1. The van der Waals surface area contributed by atoms with Gasteiger partial charge in [0, 0.05) is 18.8 Å². The Hall–Kier alpha value is -1.53. The Morgan fingerprint density at radius 1 is 1.44 bits per heavy atom. The number of alkyl halides is 4. The summed E-state index contributed by atoms with van der Waals surface area (Å²) < 4.78 is 53.7. The number of pyridine rings is 1. The van der Waals surface area contributed by atoms with Crippen molar-refractivity contribution in [2.24, 2.45) is 0 Å². The van der Waals surface area contributed by atoms with Gasteiger partial charge >= 0.3 is 12.3 Å². The molecule has 3 nitrogen and oxygen atoms in total. The summed E-state index contributed by atoms with van der Waals surface area (Å²) in [4.78, 5) is 3.93. The molecule has 0 saturated heterocycles. The largest absolute Gasteiger partial charge is 0.487 e. The number of nitrogens with one attached hydrogen (secondary N) is 1. The summed E-state index contributed by atoms with van der Waals surface area (Å²) in [5, 5.41) is 2.93. The van der Waals surface area contributed by atoms with Gasteiger partial charge in [0.1, 0.15) is 11.6 Å². The number of hydrogen-bond acceptors (Lipinski definition) is 3. The lowest BCUT2D eigenvalue weighted by Gasteiger charge is -2.16. The lowest BCUT2D eigenvalue weighted by Crippen LogP contribution is -2.33. The Balaban J connectivity index is 2.57. The molecule has 0 spiro atoms. The predicted molar refractivity (Wildman–Crippen MR) is 59.5 cm³/mol. The maximum atomic E-state index is 12.6. The van der Waals surface area contributed by atoms with E-state index in [1.165, 1.54) is 18.3 Å². The van der Waals surface area contributed by atoms with Crippen LogP contribution in [0.15, 0.2) is 18.3 Å². The molecule has 0 atom stereocenters. The summed E-state index contributed by atoms with van der Waals surface area (Å²) in [7, 11) is 0. The molecule has 0 radical (unpaired) electrons. The van der Waals surface area contributed by atoms with Crippen molar-refractivity contribution in [1.29, 1.82) is 0 Å². The molecule has 0 bridgehead atoms. The summed E-state index contributed by atoms with van der Waals surface area (Å²) in [6, 6.07) is 2.72. The summed E-state index contributed by atoms with van der Waals surface area (Å²) >= 11 is 0. The minimum absolute atomic E-state index is 0.0731. The van der Waals surface area contributed by atoms with Gasteiger partial charge < -0.3 is 10.1 Å². The molecule has 1 rings (SSSR count). The zero-order chi connectivity index (χ0) is 13.6. The van der Waals surface area contributed by atoms with E-state index in [1.54, 1.807) is 0 Å². The number of anilines is 1. The smallest absolute Gasteiger partial charge is 0.340 e. The minimum atomic E-state index is -4.15. The maximum Gasteiger partial charge on any atom is 0.340 e. The molecule has 1 heterocycles. The Morgan fingerprint density at radius 3 is 2.78 bits per heavy atom. The van der Waals surface area contributed by atoms with E-state index in [4.69, 9.17) is 0 Å². The van der Waals surface area contributed by atoms with E-state index in [2.05, 4.69) is 15.0 Å². The predicted octanol–water partition coefficient (Wildman–Crippen LogP) is 3.18. The quantitative estimate of drug-likeness (QED) is 0.770. The van der Waals surface area contributed by atoms with Gasteiger partial charge in [-0.1, -0.05) is 6.92 Å². The molecule has 0 aromatic carbocycles. The molecule has 7 heteroatoms. The molecule has 0 aliphatic heterocycles. The summed E-state index contributed by atoms with van der Waals surface area (Å²) in [6.07, 6.45) is -1.51. The van der Waals surface area contributed by atoms with Crippen molar-refractivity contribution in [3.05, 3.63) is 18.3 Å². The number of rotatable bonds is 7. The van der Waals surface area contributed by atoms with Crippen molar-refractivity contribution in [2.75, 3.05) is 18.5 Å². The van der Waals surface area contributed by atoms with Crippen LogP contribution in [-0.2, 0) is 0 Å². The van der Waals surface area contributed by atoms with Gasteiger partial charge in [-0.15, -0.1) is 0 Å². The van der Waals surface area contributed by atoms with Crippen LogP contribution in [0.1, 0.15) is 13.3 Å². The second kappa shape index (κ2) is 6.42. The van der Waals surface area contributed by atoms with Crippen molar-refractivity contribution in [1.82, 2.24) is 4.98 Å². The second-order valence-corrected chi connectivity index (χ2v) is 3.65. The average molecular weight is 266 g/mol. The number of halogens is 4. The van der Waals surface area contributed by atoms with E-state index < -0.39 is 19.0 Å². The van der Waals surface area contributed by atoms with Gasteiger partial charge in [0.15, 0.2) is 6.61 Å². The topological polar surface area (TPSA) is 34.1 Å². The van der Waals surface area contributed by atoms with Crippen LogP contribution >= 0.6 is 0 Å². The fourth-order valence-corrected chi connectivity index (χ4v) is 1.09. The zero-order valence-electron chi connectivity index (χ0n) is 9.80. The highest BCUT2D eigenvalue weighted by Gasteiger charge is 2.41. The zero-order valence-corrected chi connectivity index (χ0v) is 9.80. The van der Waals surface area contributed by atoms with Crippen LogP contribution in [0, 0.1) is 0 Å². The van der Waals surface area contributed by atoms with Crippen LogP contribution in [0.25, 0.3) is 0 Å². The van der Waals surface area contributed by atoms with Crippen molar-refractivity contribution in [3.8, 4) is 5.75 Å². The van der Waals surface area contributed by atoms with Crippen LogP contribution in [0.2, 0.25) is 0 Å². The summed E-state index contributed by atoms with van der Waals surface area (Å²) in [5.41, 5.74) is 0. The Kier molecular flexibility index (Phi) is 5.18. The molecule has 1 aromatic heterocycles. The molecule has 18 heavy (non-hydrogen) atoms. The third kappa shape index (κ3) is 4.38. The van der Waals surface area contributed by atoms with Crippen LogP contribution in [0.4, 0.5) is 23.4 Å². The molecule has 0 aliphatic carbocycles. The molecule has 1 aromatic rings. The highest BCUT2D eigenvalue weighted by atomic mass is 19.3. The normalized spacial score (nSPS) is 11.7. The van der Waals surface area contributed by atoms with Crippen LogP contribution in [0.5, 0.6) is 5.75 Å². The standard InChI is InChI=1S/C11H14F4N2O/c1-2-4-16-9-6-8(3-5-17-9)18-7-11(14,15)10(12)13/h3,5-6,10H,2,4,7H2,1H3,(H,16,17). The van der Waals surface area contributed by atoms with Gasteiger partial charge in [-0.05, 0) is 12.5 Å². The molecular formula is C11H14F4N2O. The molecule has 0 saturated carbocycles.